The first kappa shape index (κ1) is 13.7. The highest BCUT2D eigenvalue weighted by Gasteiger charge is 2.16. The standard InChI is InChI=1S/C11H9ClFN3O2S/c1-7-2-3-8(6-9(7)13)19(17,18)16-10-4-5-14-11(12)15-10/h2-6H,1H3,(H,14,15,16). The number of nitrogens with zero attached hydrogens (tertiary/aromatic N) is 2. The topological polar surface area (TPSA) is 72.0 Å². The summed E-state index contributed by atoms with van der Waals surface area (Å²) in [6.45, 7) is 1.54. The molecular formula is C11H9ClFN3O2S. The van der Waals surface area contributed by atoms with Gasteiger partial charge >= 0.3 is 0 Å². The molecule has 0 atom stereocenters. The Hall–Kier alpha value is -1.73. The molecule has 1 N–H and O–H groups in total. The SMILES string of the molecule is Cc1ccc(S(=O)(=O)Nc2ccnc(Cl)n2)cc1F. The number of aromatic nitrogens is 2. The lowest BCUT2D eigenvalue weighted by Gasteiger charge is -2.07. The van der Waals surface area contributed by atoms with Gasteiger partial charge < -0.3 is 0 Å². The van der Waals surface area contributed by atoms with E-state index in [0.29, 0.717) is 5.56 Å². The average molecular weight is 302 g/mol. The largest absolute Gasteiger partial charge is 0.263 e. The van der Waals surface area contributed by atoms with Crippen LogP contribution in [0.5, 0.6) is 0 Å². The summed E-state index contributed by atoms with van der Waals surface area (Å²) >= 11 is 5.55. The Morgan fingerprint density at radius 3 is 2.68 bits per heavy atom. The lowest BCUT2D eigenvalue weighted by molar-refractivity contribution is 0.593. The number of anilines is 1. The summed E-state index contributed by atoms with van der Waals surface area (Å²) in [7, 11) is -3.91. The lowest BCUT2D eigenvalue weighted by atomic mass is 10.2. The van der Waals surface area contributed by atoms with Gasteiger partial charge in [-0.3, -0.25) is 4.72 Å². The maximum atomic E-state index is 13.4. The number of rotatable bonds is 3. The minimum absolute atomic E-state index is 0.0148. The van der Waals surface area contributed by atoms with Crippen LogP contribution in [0.15, 0.2) is 35.4 Å². The van der Waals surface area contributed by atoms with Gasteiger partial charge in [-0.15, -0.1) is 0 Å². The molecule has 0 bridgehead atoms. The number of halogens is 2. The normalized spacial score (nSPS) is 11.3. The van der Waals surface area contributed by atoms with Crippen molar-refractivity contribution in [2.75, 3.05) is 4.72 Å². The number of aryl methyl sites for hydroxylation is 1. The Kier molecular flexibility index (Phi) is 3.68. The molecule has 1 heterocycles. The second kappa shape index (κ2) is 5.10. The van der Waals surface area contributed by atoms with Crippen molar-refractivity contribution in [2.24, 2.45) is 0 Å². The van der Waals surface area contributed by atoms with E-state index in [4.69, 9.17) is 11.6 Å². The van der Waals surface area contributed by atoms with Crippen LogP contribution in [0.3, 0.4) is 0 Å². The number of sulfonamides is 1. The molecule has 8 heteroatoms. The molecular weight excluding hydrogens is 293 g/mol. The van der Waals surface area contributed by atoms with E-state index < -0.39 is 15.8 Å². The number of hydrogen-bond acceptors (Lipinski definition) is 4. The van der Waals surface area contributed by atoms with Crippen molar-refractivity contribution in [3.05, 3.63) is 47.1 Å². The maximum Gasteiger partial charge on any atom is 0.263 e. The van der Waals surface area contributed by atoms with Gasteiger partial charge in [-0.05, 0) is 42.3 Å². The van der Waals surface area contributed by atoms with Crippen LogP contribution in [0.4, 0.5) is 10.2 Å². The zero-order valence-electron chi connectivity index (χ0n) is 9.76. The van der Waals surface area contributed by atoms with Gasteiger partial charge in [0.05, 0.1) is 4.90 Å². The first-order valence-corrected chi connectivity index (χ1v) is 7.02. The van der Waals surface area contributed by atoms with E-state index in [9.17, 15) is 12.8 Å². The van der Waals surface area contributed by atoms with Crippen molar-refractivity contribution < 1.29 is 12.8 Å². The van der Waals surface area contributed by atoms with Crippen molar-refractivity contribution in [2.45, 2.75) is 11.8 Å². The second-order valence-electron chi connectivity index (χ2n) is 3.73. The minimum atomic E-state index is -3.91. The van der Waals surface area contributed by atoms with Crippen molar-refractivity contribution in [1.82, 2.24) is 9.97 Å². The van der Waals surface area contributed by atoms with E-state index >= 15 is 0 Å². The van der Waals surface area contributed by atoms with Crippen LogP contribution in [0.25, 0.3) is 0 Å². The Morgan fingerprint density at radius 2 is 2.05 bits per heavy atom. The molecule has 0 aliphatic heterocycles. The van der Waals surface area contributed by atoms with E-state index in [1.54, 1.807) is 6.92 Å². The van der Waals surface area contributed by atoms with Crippen LogP contribution in [0, 0.1) is 12.7 Å². The van der Waals surface area contributed by atoms with Gasteiger partial charge in [0.15, 0.2) is 0 Å². The van der Waals surface area contributed by atoms with Gasteiger partial charge in [0, 0.05) is 6.20 Å². The molecule has 0 saturated heterocycles. The third kappa shape index (κ3) is 3.18. The highest BCUT2D eigenvalue weighted by atomic mass is 35.5. The molecule has 0 spiro atoms. The van der Waals surface area contributed by atoms with Gasteiger partial charge in [-0.1, -0.05) is 6.07 Å². The van der Waals surface area contributed by atoms with Crippen LogP contribution >= 0.6 is 11.6 Å². The summed E-state index contributed by atoms with van der Waals surface area (Å²) in [4.78, 5) is 7.13. The van der Waals surface area contributed by atoms with E-state index in [-0.39, 0.29) is 16.0 Å². The zero-order chi connectivity index (χ0) is 14.0. The molecule has 1 aromatic carbocycles. The molecule has 0 fully saturated rings. The monoisotopic (exact) mass is 301 g/mol. The maximum absolute atomic E-state index is 13.4. The molecule has 100 valence electrons. The summed E-state index contributed by atoms with van der Waals surface area (Å²) < 4.78 is 39.6. The Morgan fingerprint density at radius 1 is 1.32 bits per heavy atom. The number of hydrogen-bond donors (Lipinski definition) is 1. The van der Waals surface area contributed by atoms with E-state index in [0.717, 1.165) is 6.07 Å². The average Bonchev–Trinajstić information content (AvgIpc) is 2.32. The highest BCUT2D eigenvalue weighted by molar-refractivity contribution is 7.92. The Balaban J connectivity index is 2.35. The molecule has 0 aliphatic carbocycles. The molecule has 1 aromatic heterocycles. The predicted molar refractivity (Wildman–Crippen MR) is 69.0 cm³/mol. The molecule has 2 rings (SSSR count). The molecule has 0 unspecified atom stereocenters. The van der Waals surface area contributed by atoms with Crippen LogP contribution in [0.1, 0.15) is 5.56 Å². The third-order valence-electron chi connectivity index (χ3n) is 2.32. The van der Waals surface area contributed by atoms with E-state index in [1.807, 2.05) is 0 Å². The quantitative estimate of drug-likeness (QED) is 0.884. The Bertz CT molecular complexity index is 722. The smallest absolute Gasteiger partial charge is 0.263 e. The first-order chi connectivity index (χ1) is 8.88. The first-order valence-electron chi connectivity index (χ1n) is 5.16. The van der Waals surface area contributed by atoms with Gasteiger partial charge in [0.2, 0.25) is 5.28 Å². The van der Waals surface area contributed by atoms with E-state index in [2.05, 4.69) is 14.7 Å². The predicted octanol–water partition coefficient (Wildman–Crippen LogP) is 2.38. The number of benzene rings is 1. The van der Waals surface area contributed by atoms with Crippen molar-refractivity contribution in [3.63, 3.8) is 0 Å². The summed E-state index contributed by atoms with van der Waals surface area (Å²) in [5.41, 5.74) is 0.365. The summed E-state index contributed by atoms with van der Waals surface area (Å²) in [5.74, 6) is -0.579. The van der Waals surface area contributed by atoms with Crippen molar-refractivity contribution >= 4 is 27.4 Å². The summed E-state index contributed by atoms with van der Waals surface area (Å²) in [5, 5.41) is -0.0877. The van der Waals surface area contributed by atoms with Gasteiger partial charge in [0.25, 0.3) is 10.0 Å². The van der Waals surface area contributed by atoms with Gasteiger partial charge in [0.1, 0.15) is 11.6 Å². The molecule has 0 amide bonds. The Labute approximate surface area is 114 Å². The molecule has 0 saturated carbocycles. The fraction of sp³-hybridized carbons (Fsp3) is 0.0909. The van der Waals surface area contributed by atoms with Crippen molar-refractivity contribution in [3.8, 4) is 0 Å². The molecule has 5 nitrogen and oxygen atoms in total. The molecule has 0 aliphatic rings. The molecule has 2 aromatic rings. The van der Waals surface area contributed by atoms with Crippen LogP contribution in [-0.4, -0.2) is 18.4 Å². The summed E-state index contributed by atoms with van der Waals surface area (Å²) in [6, 6.07) is 4.98. The highest BCUT2D eigenvalue weighted by Crippen LogP contribution is 2.17. The molecule has 19 heavy (non-hydrogen) atoms. The van der Waals surface area contributed by atoms with Gasteiger partial charge in [-0.2, -0.15) is 4.98 Å². The molecule has 0 radical (unpaired) electrons. The lowest BCUT2D eigenvalue weighted by Crippen LogP contribution is -2.14. The fourth-order valence-corrected chi connectivity index (χ4v) is 2.49. The zero-order valence-corrected chi connectivity index (χ0v) is 11.3. The van der Waals surface area contributed by atoms with Crippen molar-refractivity contribution in [1.29, 1.82) is 0 Å². The number of nitrogens with one attached hydrogen (secondary N) is 1. The van der Waals surface area contributed by atoms with Crippen LogP contribution in [-0.2, 0) is 10.0 Å². The van der Waals surface area contributed by atoms with Crippen LogP contribution < -0.4 is 4.72 Å². The summed E-state index contributed by atoms with van der Waals surface area (Å²) in [6.07, 6.45) is 1.31. The van der Waals surface area contributed by atoms with Crippen LogP contribution in [0.2, 0.25) is 5.28 Å². The fourth-order valence-electron chi connectivity index (χ4n) is 1.33. The third-order valence-corrected chi connectivity index (χ3v) is 3.85. The van der Waals surface area contributed by atoms with Gasteiger partial charge in [-0.25, -0.2) is 17.8 Å². The minimum Gasteiger partial charge on any atom is -0.263 e. The van der Waals surface area contributed by atoms with E-state index in [1.165, 1.54) is 24.4 Å². The second-order valence-corrected chi connectivity index (χ2v) is 5.75.